The summed E-state index contributed by atoms with van der Waals surface area (Å²) in [6.07, 6.45) is 3.52. The number of benzene rings is 1. The van der Waals surface area contributed by atoms with E-state index in [1.807, 2.05) is 35.7 Å². The lowest BCUT2D eigenvalue weighted by molar-refractivity contribution is -0.123. The van der Waals surface area contributed by atoms with Gasteiger partial charge < -0.3 is 14.6 Å². The number of carbonyl (C=O) groups excluding carboxylic acids is 1. The van der Waals surface area contributed by atoms with Gasteiger partial charge in [0, 0.05) is 43.3 Å². The average molecular weight is 440 g/mol. The third-order valence-electron chi connectivity index (χ3n) is 6.45. The molecule has 0 spiro atoms. The lowest BCUT2D eigenvalue weighted by Crippen LogP contribution is -2.50. The first kappa shape index (κ1) is 20.3. The smallest absolute Gasteiger partial charge is 0.231 e. The SMILES string of the molecule is O=C(NCC(c1ccco1)N1CCN(c2ccc(F)cc2)CC1)C1(c2cccs2)CC1. The maximum atomic E-state index is 13.2. The fourth-order valence-electron chi connectivity index (χ4n) is 4.45. The summed E-state index contributed by atoms with van der Waals surface area (Å²) in [6, 6.07) is 14.6. The highest BCUT2D eigenvalue weighted by atomic mass is 32.1. The summed E-state index contributed by atoms with van der Waals surface area (Å²) in [4.78, 5) is 18.8. The van der Waals surface area contributed by atoms with Crippen LogP contribution in [-0.2, 0) is 10.2 Å². The molecule has 2 aliphatic rings. The molecule has 162 valence electrons. The minimum Gasteiger partial charge on any atom is -0.468 e. The van der Waals surface area contributed by atoms with Gasteiger partial charge >= 0.3 is 0 Å². The van der Waals surface area contributed by atoms with Crippen LogP contribution in [0.1, 0.15) is 29.5 Å². The molecular formula is C24H26FN3O2S. The minimum atomic E-state index is -0.330. The van der Waals surface area contributed by atoms with E-state index < -0.39 is 0 Å². The molecule has 2 fully saturated rings. The predicted octanol–water partition coefficient (Wildman–Crippen LogP) is 4.19. The molecule has 1 saturated heterocycles. The Morgan fingerprint density at radius 2 is 1.87 bits per heavy atom. The minimum absolute atomic E-state index is 0.00606. The molecular weight excluding hydrogens is 413 g/mol. The molecule has 2 aromatic heterocycles. The van der Waals surface area contributed by atoms with Gasteiger partial charge in [-0.25, -0.2) is 4.39 Å². The van der Waals surface area contributed by atoms with Gasteiger partial charge in [-0.2, -0.15) is 0 Å². The van der Waals surface area contributed by atoms with Crippen LogP contribution in [-0.4, -0.2) is 43.5 Å². The maximum absolute atomic E-state index is 13.2. The van der Waals surface area contributed by atoms with Crippen LogP contribution >= 0.6 is 11.3 Å². The summed E-state index contributed by atoms with van der Waals surface area (Å²) in [6.45, 7) is 3.89. The molecule has 1 aromatic carbocycles. The van der Waals surface area contributed by atoms with Crippen molar-refractivity contribution in [1.82, 2.24) is 10.2 Å². The topological polar surface area (TPSA) is 48.7 Å². The van der Waals surface area contributed by atoms with Gasteiger partial charge in [0.1, 0.15) is 11.6 Å². The van der Waals surface area contributed by atoms with Crippen LogP contribution in [0.25, 0.3) is 0 Å². The molecule has 3 heterocycles. The number of piperazine rings is 1. The molecule has 1 atom stereocenters. The van der Waals surface area contributed by atoms with Gasteiger partial charge in [0.25, 0.3) is 0 Å². The summed E-state index contributed by atoms with van der Waals surface area (Å²) in [5.74, 6) is 0.778. The van der Waals surface area contributed by atoms with E-state index in [0.717, 1.165) is 55.3 Å². The first-order valence-electron chi connectivity index (χ1n) is 10.8. The zero-order chi connectivity index (χ0) is 21.3. The van der Waals surface area contributed by atoms with E-state index in [2.05, 4.69) is 21.2 Å². The Kier molecular flexibility index (Phi) is 5.54. The highest BCUT2D eigenvalue weighted by Crippen LogP contribution is 2.50. The first-order chi connectivity index (χ1) is 15.2. The van der Waals surface area contributed by atoms with Crippen molar-refractivity contribution in [2.75, 3.05) is 37.6 Å². The molecule has 1 unspecified atom stereocenters. The van der Waals surface area contributed by atoms with Gasteiger partial charge in [0.05, 0.1) is 17.7 Å². The fourth-order valence-corrected chi connectivity index (χ4v) is 5.44. The van der Waals surface area contributed by atoms with Crippen molar-refractivity contribution >= 4 is 22.9 Å². The standard InChI is InChI=1S/C24H26FN3O2S/c25-18-5-7-19(8-6-18)27-11-13-28(14-12-27)20(21-3-1-15-30-21)17-26-23(29)24(9-10-24)22-4-2-16-31-22/h1-8,15-16,20H,9-14,17H2,(H,26,29). The second-order valence-corrected chi connectivity index (χ2v) is 9.25. The van der Waals surface area contributed by atoms with E-state index in [4.69, 9.17) is 4.42 Å². The number of anilines is 1. The molecule has 31 heavy (non-hydrogen) atoms. The average Bonchev–Trinajstić information content (AvgIpc) is 3.19. The Hall–Kier alpha value is -2.64. The number of hydrogen-bond donors (Lipinski definition) is 1. The van der Waals surface area contributed by atoms with Gasteiger partial charge in [-0.15, -0.1) is 11.3 Å². The zero-order valence-corrected chi connectivity index (χ0v) is 18.1. The lowest BCUT2D eigenvalue weighted by atomic mass is 10.0. The maximum Gasteiger partial charge on any atom is 0.231 e. The fraction of sp³-hybridized carbons (Fsp3) is 0.375. The molecule has 1 saturated carbocycles. The molecule has 0 bridgehead atoms. The number of halogens is 1. The summed E-state index contributed by atoms with van der Waals surface area (Å²) < 4.78 is 19.0. The molecule has 0 radical (unpaired) electrons. The van der Waals surface area contributed by atoms with Crippen molar-refractivity contribution in [3.8, 4) is 0 Å². The Morgan fingerprint density at radius 3 is 2.48 bits per heavy atom. The third kappa shape index (κ3) is 4.12. The second kappa shape index (κ2) is 8.48. The number of carbonyl (C=O) groups is 1. The zero-order valence-electron chi connectivity index (χ0n) is 17.3. The number of amides is 1. The van der Waals surface area contributed by atoms with Gasteiger partial charge in [-0.1, -0.05) is 6.07 Å². The molecule has 7 heteroatoms. The lowest BCUT2D eigenvalue weighted by Gasteiger charge is -2.39. The molecule has 1 amide bonds. The number of nitrogens with zero attached hydrogens (tertiary/aromatic N) is 2. The van der Waals surface area contributed by atoms with E-state index in [0.29, 0.717) is 6.54 Å². The van der Waals surface area contributed by atoms with Crippen molar-refractivity contribution in [3.05, 3.63) is 76.6 Å². The van der Waals surface area contributed by atoms with E-state index in [9.17, 15) is 9.18 Å². The summed E-state index contributed by atoms with van der Waals surface area (Å²) in [7, 11) is 0. The number of nitrogens with one attached hydrogen (secondary N) is 1. The summed E-state index contributed by atoms with van der Waals surface area (Å²) >= 11 is 1.66. The molecule has 1 N–H and O–H groups in total. The van der Waals surface area contributed by atoms with Crippen LogP contribution < -0.4 is 10.2 Å². The number of furan rings is 1. The number of rotatable bonds is 7. The van der Waals surface area contributed by atoms with Crippen molar-refractivity contribution in [3.63, 3.8) is 0 Å². The highest BCUT2D eigenvalue weighted by Gasteiger charge is 2.52. The molecule has 3 aromatic rings. The largest absolute Gasteiger partial charge is 0.468 e. The Bertz CT molecular complexity index is 992. The van der Waals surface area contributed by atoms with Gasteiger partial charge in [0.2, 0.25) is 5.91 Å². The number of hydrogen-bond acceptors (Lipinski definition) is 5. The van der Waals surface area contributed by atoms with Crippen LogP contribution in [0.3, 0.4) is 0 Å². The molecule has 1 aliphatic carbocycles. The van der Waals surface area contributed by atoms with E-state index in [1.165, 1.54) is 12.1 Å². The van der Waals surface area contributed by atoms with Gasteiger partial charge in [-0.05, 0) is 60.7 Å². The van der Waals surface area contributed by atoms with Gasteiger partial charge in [-0.3, -0.25) is 9.69 Å². The summed E-state index contributed by atoms with van der Waals surface area (Å²) in [5, 5.41) is 5.26. The van der Waals surface area contributed by atoms with Crippen LogP contribution in [0, 0.1) is 5.82 Å². The van der Waals surface area contributed by atoms with Crippen molar-refractivity contribution in [1.29, 1.82) is 0 Å². The van der Waals surface area contributed by atoms with Crippen molar-refractivity contribution in [2.45, 2.75) is 24.3 Å². The van der Waals surface area contributed by atoms with Crippen LogP contribution in [0.4, 0.5) is 10.1 Å². The Labute approximate surface area is 185 Å². The van der Waals surface area contributed by atoms with Crippen molar-refractivity contribution in [2.24, 2.45) is 0 Å². The van der Waals surface area contributed by atoms with Crippen LogP contribution in [0.15, 0.2) is 64.6 Å². The van der Waals surface area contributed by atoms with Crippen LogP contribution in [0.5, 0.6) is 0 Å². The highest BCUT2D eigenvalue weighted by molar-refractivity contribution is 7.10. The van der Waals surface area contributed by atoms with E-state index in [1.54, 1.807) is 17.6 Å². The molecule has 5 nitrogen and oxygen atoms in total. The van der Waals surface area contributed by atoms with Crippen molar-refractivity contribution < 1.29 is 13.6 Å². The monoisotopic (exact) mass is 439 g/mol. The summed E-state index contributed by atoms with van der Waals surface area (Å²) in [5.41, 5.74) is 0.707. The van der Waals surface area contributed by atoms with E-state index >= 15 is 0 Å². The normalized spacial score (nSPS) is 19.2. The Morgan fingerprint density at radius 1 is 1.10 bits per heavy atom. The quantitative estimate of drug-likeness (QED) is 0.600. The molecule has 5 rings (SSSR count). The first-order valence-corrected chi connectivity index (χ1v) is 11.6. The second-order valence-electron chi connectivity index (χ2n) is 8.30. The third-order valence-corrected chi connectivity index (χ3v) is 7.53. The predicted molar refractivity (Wildman–Crippen MR) is 120 cm³/mol. The molecule has 1 aliphatic heterocycles. The Balaban J connectivity index is 1.24. The van der Waals surface area contributed by atoms with Gasteiger partial charge in [0.15, 0.2) is 0 Å². The number of thiophene rings is 1. The van der Waals surface area contributed by atoms with Crippen LogP contribution in [0.2, 0.25) is 0 Å². The van der Waals surface area contributed by atoms with E-state index in [-0.39, 0.29) is 23.2 Å².